The monoisotopic (exact) mass is 388 g/mol. The van der Waals surface area contributed by atoms with E-state index in [0.717, 1.165) is 0 Å². The summed E-state index contributed by atoms with van der Waals surface area (Å²) >= 11 is 0. The van der Waals surface area contributed by atoms with E-state index in [1.54, 1.807) is 6.07 Å². The topological polar surface area (TPSA) is 182 Å². The zero-order valence-electron chi connectivity index (χ0n) is 14.3. The molecule has 3 atom stereocenters. The highest BCUT2D eigenvalue weighted by molar-refractivity contribution is 5.78. The summed E-state index contributed by atoms with van der Waals surface area (Å²) in [7, 11) is 0. The second-order valence-electron chi connectivity index (χ2n) is 6.35. The first-order valence-electron chi connectivity index (χ1n) is 8.36. The van der Waals surface area contributed by atoms with Crippen LogP contribution in [0.25, 0.3) is 22.6 Å². The molecule has 146 valence electrons. The van der Waals surface area contributed by atoms with Gasteiger partial charge in [0.1, 0.15) is 18.2 Å². The second kappa shape index (κ2) is 6.67. The van der Waals surface area contributed by atoms with Crippen LogP contribution in [0.1, 0.15) is 12.6 Å². The Kier molecular flexibility index (Phi) is 4.30. The fraction of sp³-hybridized carbons (Fsp3) is 0.312. The lowest BCUT2D eigenvalue weighted by molar-refractivity contribution is -0.384. The number of nitrogens with two attached hydrogens (primary N) is 1. The summed E-state index contributed by atoms with van der Waals surface area (Å²) in [5.74, 6) is 0.0552. The molecule has 0 unspecified atom stereocenters. The number of fused-ring (bicyclic) bond motifs is 1. The quantitative estimate of drug-likeness (QED) is 0.351. The van der Waals surface area contributed by atoms with Crippen LogP contribution in [0.3, 0.4) is 0 Å². The largest absolute Gasteiger partial charge is 0.394 e. The van der Waals surface area contributed by atoms with Crippen molar-refractivity contribution in [3.63, 3.8) is 0 Å². The number of rotatable bonds is 4. The number of benzene rings is 1. The average molecular weight is 388 g/mol. The summed E-state index contributed by atoms with van der Waals surface area (Å²) in [6.07, 6.45) is -2.46. The lowest BCUT2D eigenvalue weighted by Gasteiger charge is -2.16. The maximum atomic E-state index is 12.3. The lowest BCUT2D eigenvalue weighted by atomic mass is 10.1. The van der Waals surface area contributed by atoms with Gasteiger partial charge in [-0.05, 0) is 0 Å². The number of anilines is 1. The predicted octanol–water partition coefficient (Wildman–Crippen LogP) is -0.0823. The van der Waals surface area contributed by atoms with E-state index in [1.807, 2.05) is 0 Å². The van der Waals surface area contributed by atoms with Gasteiger partial charge in [0.25, 0.3) is 11.2 Å². The van der Waals surface area contributed by atoms with Crippen molar-refractivity contribution in [3.8, 4) is 11.4 Å². The number of nitrogens with zero attached hydrogens (tertiary/aromatic N) is 4. The van der Waals surface area contributed by atoms with Gasteiger partial charge in [-0.3, -0.25) is 24.5 Å². The van der Waals surface area contributed by atoms with Crippen molar-refractivity contribution in [1.29, 1.82) is 0 Å². The molecule has 0 amide bonds. The molecule has 1 fully saturated rings. The van der Waals surface area contributed by atoms with Gasteiger partial charge >= 0.3 is 0 Å². The van der Waals surface area contributed by atoms with Crippen molar-refractivity contribution >= 4 is 22.8 Å². The highest BCUT2D eigenvalue weighted by atomic mass is 16.6. The van der Waals surface area contributed by atoms with Crippen LogP contribution >= 0.6 is 0 Å². The average Bonchev–Trinajstić information content (AvgIpc) is 3.22. The number of ether oxygens (including phenoxy) is 1. The molecule has 12 heteroatoms. The smallest absolute Gasteiger partial charge is 0.280 e. The Bertz CT molecular complexity index is 1120. The van der Waals surface area contributed by atoms with Crippen molar-refractivity contribution in [2.75, 3.05) is 12.3 Å². The Morgan fingerprint density at radius 3 is 2.89 bits per heavy atom. The molecule has 28 heavy (non-hydrogen) atoms. The van der Waals surface area contributed by atoms with Gasteiger partial charge in [0.15, 0.2) is 11.2 Å². The number of aromatic amines is 1. The SMILES string of the molecule is Nc1nc2c(nc(-c3cccc([N+](=O)[O-])c3)n2[C@H]2C[C@H](O)[C@@H](CO)O2)c(=O)[nH]1. The molecule has 1 saturated heterocycles. The Labute approximate surface area is 156 Å². The molecule has 0 bridgehead atoms. The molecule has 3 aromatic rings. The minimum absolute atomic E-state index is 0.0266. The molecule has 2 aromatic heterocycles. The molecule has 3 heterocycles. The van der Waals surface area contributed by atoms with Crippen molar-refractivity contribution < 1.29 is 19.9 Å². The van der Waals surface area contributed by atoms with E-state index in [9.17, 15) is 25.1 Å². The van der Waals surface area contributed by atoms with E-state index in [4.69, 9.17) is 10.5 Å². The maximum absolute atomic E-state index is 12.3. The van der Waals surface area contributed by atoms with Crippen LogP contribution in [-0.4, -0.2) is 53.5 Å². The molecule has 0 aliphatic carbocycles. The lowest BCUT2D eigenvalue weighted by Crippen LogP contribution is -2.24. The summed E-state index contributed by atoms with van der Waals surface area (Å²) in [6.45, 7) is -0.396. The van der Waals surface area contributed by atoms with E-state index < -0.39 is 35.5 Å². The first kappa shape index (κ1) is 18.0. The van der Waals surface area contributed by atoms with Crippen LogP contribution in [0, 0.1) is 10.1 Å². The van der Waals surface area contributed by atoms with Gasteiger partial charge in [-0.1, -0.05) is 12.1 Å². The summed E-state index contributed by atoms with van der Waals surface area (Å²) in [6, 6.07) is 5.72. The van der Waals surface area contributed by atoms with Gasteiger partial charge in [0.05, 0.1) is 17.6 Å². The third-order valence-electron chi connectivity index (χ3n) is 4.56. The second-order valence-corrected chi connectivity index (χ2v) is 6.35. The van der Waals surface area contributed by atoms with E-state index in [1.165, 1.54) is 22.8 Å². The van der Waals surface area contributed by atoms with Crippen molar-refractivity contribution in [1.82, 2.24) is 19.5 Å². The molecule has 12 nitrogen and oxygen atoms in total. The van der Waals surface area contributed by atoms with Crippen LogP contribution in [0.4, 0.5) is 11.6 Å². The van der Waals surface area contributed by atoms with Crippen LogP contribution in [0.15, 0.2) is 29.1 Å². The molecule has 1 aliphatic rings. The third-order valence-corrected chi connectivity index (χ3v) is 4.56. The van der Waals surface area contributed by atoms with Crippen LogP contribution in [-0.2, 0) is 4.74 Å². The van der Waals surface area contributed by atoms with Crippen LogP contribution in [0.5, 0.6) is 0 Å². The highest BCUT2D eigenvalue weighted by Crippen LogP contribution is 2.35. The number of hydrogen-bond donors (Lipinski definition) is 4. The van der Waals surface area contributed by atoms with E-state index in [-0.39, 0.29) is 35.0 Å². The minimum Gasteiger partial charge on any atom is -0.394 e. The zero-order chi connectivity index (χ0) is 20.0. The van der Waals surface area contributed by atoms with Gasteiger partial charge in [0, 0.05) is 24.1 Å². The Morgan fingerprint density at radius 1 is 1.43 bits per heavy atom. The van der Waals surface area contributed by atoms with E-state index >= 15 is 0 Å². The van der Waals surface area contributed by atoms with Gasteiger partial charge < -0.3 is 20.7 Å². The number of aliphatic hydroxyl groups excluding tert-OH is 2. The van der Waals surface area contributed by atoms with Gasteiger partial charge in [-0.15, -0.1) is 0 Å². The Morgan fingerprint density at radius 2 is 2.21 bits per heavy atom. The van der Waals surface area contributed by atoms with Crippen LogP contribution in [0.2, 0.25) is 0 Å². The molecule has 5 N–H and O–H groups in total. The maximum Gasteiger partial charge on any atom is 0.280 e. The van der Waals surface area contributed by atoms with Crippen molar-refractivity contribution in [2.45, 2.75) is 24.9 Å². The van der Waals surface area contributed by atoms with Crippen molar-refractivity contribution in [3.05, 3.63) is 44.7 Å². The minimum atomic E-state index is -0.940. The molecule has 4 rings (SSSR count). The molecular formula is C16H16N6O6. The summed E-state index contributed by atoms with van der Waals surface area (Å²) in [5, 5.41) is 30.6. The fourth-order valence-electron chi connectivity index (χ4n) is 3.27. The van der Waals surface area contributed by atoms with Gasteiger partial charge in [0.2, 0.25) is 5.95 Å². The first-order valence-corrected chi connectivity index (χ1v) is 8.36. The van der Waals surface area contributed by atoms with Crippen molar-refractivity contribution in [2.24, 2.45) is 0 Å². The van der Waals surface area contributed by atoms with E-state index in [2.05, 4.69) is 15.0 Å². The Hall–Kier alpha value is -3.35. The summed E-state index contributed by atoms with van der Waals surface area (Å²) in [4.78, 5) is 33.6. The molecule has 0 spiro atoms. The number of aliphatic hydroxyl groups is 2. The number of non-ortho nitro benzene ring substituents is 1. The van der Waals surface area contributed by atoms with E-state index in [0.29, 0.717) is 5.56 Å². The third kappa shape index (κ3) is 2.89. The standard InChI is InChI=1S/C16H16N6O6/c17-16-19-14-12(15(25)20-16)18-13(7-2-1-3-8(4-7)22(26)27)21(14)11-5-9(24)10(6-23)28-11/h1-4,9-11,23-24H,5-6H2,(H3,17,19,20,25)/t9-,10+,11+/m0/s1. The van der Waals surface area contributed by atoms with Gasteiger partial charge in [-0.2, -0.15) is 4.98 Å². The molecule has 0 radical (unpaired) electrons. The molecule has 1 aromatic carbocycles. The molecule has 0 saturated carbocycles. The van der Waals surface area contributed by atoms with Crippen LogP contribution < -0.4 is 11.3 Å². The molecule has 1 aliphatic heterocycles. The summed E-state index contributed by atoms with van der Waals surface area (Å²) < 4.78 is 7.15. The number of nitro benzene ring substituents is 1. The Balaban J connectivity index is 1.96. The number of nitro groups is 1. The number of aromatic nitrogens is 4. The fourth-order valence-corrected chi connectivity index (χ4v) is 3.27. The number of nitrogen functional groups attached to an aromatic ring is 1. The molecular weight excluding hydrogens is 372 g/mol. The zero-order valence-corrected chi connectivity index (χ0v) is 14.3. The normalized spacial score (nSPS) is 22.0. The summed E-state index contributed by atoms with van der Waals surface area (Å²) in [5.41, 5.74) is 5.36. The predicted molar refractivity (Wildman–Crippen MR) is 96.3 cm³/mol. The number of imidazole rings is 1. The number of hydrogen-bond acceptors (Lipinski definition) is 9. The first-order chi connectivity index (χ1) is 13.4. The highest BCUT2D eigenvalue weighted by Gasteiger charge is 2.37. The van der Waals surface area contributed by atoms with Gasteiger partial charge in [-0.25, -0.2) is 4.98 Å². The number of H-pyrrole nitrogens is 1. The number of nitrogens with one attached hydrogen (secondary N) is 1.